The first-order valence-electron chi connectivity index (χ1n) is 13.7. The molecular formula is C37H25NS2. The topological polar surface area (TPSA) is 12.9 Å². The zero-order valence-corrected chi connectivity index (χ0v) is 23.4. The molecule has 8 rings (SSSR count). The maximum absolute atomic E-state index is 4.60. The van der Waals surface area contributed by atoms with E-state index < -0.39 is 0 Å². The fourth-order valence-corrected chi connectivity index (χ4v) is 8.34. The number of nitrogens with zero attached hydrogens (tertiary/aromatic N) is 1. The zero-order valence-electron chi connectivity index (χ0n) is 21.8. The lowest BCUT2D eigenvalue weighted by Crippen LogP contribution is -1.93. The second-order valence-electron chi connectivity index (χ2n) is 10.2. The lowest BCUT2D eigenvalue weighted by Gasteiger charge is -2.15. The van der Waals surface area contributed by atoms with Gasteiger partial charge in [0.25, 0.3) is 0 Å². The van der Waals surface area contributed by atoms with Crippen molar-refractivity contribution in [2.24, 2.45) is 0 Å². The molecule has 0 radical (unpaired) electrons. The number of allylic oxidation sites excluding steroid dienone is 4. The fraction of sp³-hybridized carbons (Fsp3) is 0.0541. The van der Waals surface area contributed by atoms with Crippen LogP contribution < -0.4 is 0 Å². The molecule has 3 heteroatoms. The number of aromatic nitrogens is 1. The van der Waals surface area contributed by atoms with Crippen molar-refractivity contribution >= 4 is 64.9 Å². The van der Waals surface area contributed by atoms with E-state index in [-0.39, 0.29) is 0 Å². The second kappa shape index (κ2) is 9.71. The average Bonchev–Trinajstić information content (AvgIpc) is 3.68. The minimum absolute atomic E-state index is 1.04. The van der Waals surface area contributed by atoms with Crippen molar-refractivity contribution in [1.29, 1.82) is 0 Å². The van der Waals surface area contributed by atoms with E-state index in [0.717, 1.165) is 18.4 Å². The number of hydrogen-bond acceptors (Lipinski definition) is 3. The van der Waals surface area contributed by atoms with Gasteiger partial charge in [-0.1, -0.05) is 91.0 Å². The van der Waals surface area contributed by atoms with Crippen LogP contribution in [-0.2, 0) is 0 Å². The van der Waals surface area contributed by atoms with E-state index in [1.807, 2.05) is 34.9 Å². The molecule has 0 unspecified atom stereocenters. The Labute approximate surface area is 241 Å². The average molecular weight is 548 g/mol. The molecule has 0 saturated heterocycles. The van der Waals surface area contributed by atoms with Crippen LogP contribution in [0.5, 0.6) is 0 Å². The van der Waals surface area contributed by atoms with Crippen molar-refractivity contribution in [2.45, 2.75) is 12.8 Å². The molecule has 1 aliphatic carbocycles. The van der Waals surface area contributed by atoms with Crippen LogP contribution in [-0.4, -0.2) is 4.98 Å². The predicted octanol–water partition coefficient (Wildman–Crippen LogP) is 11.3. The summed E-state index contributed by atoms with van der Waals surface area (Å²) >= 11 is 3.78. The molecule has 0 spiro atoms. The van der Waals surface area contributed by atoms with E-state index in [4.69, 9.17) is 0 Å². The van der Waals surface area contributed by atoms with Gasteiger partial charge in [-0.25, -0.2) is 0 Å². The number of benzene rings is 4. The summed E-state index contributed by atoms with van der Waals surface area (Å²) in [7, 11) is 0. The van der Waals surface area contributed by atoms with Crippen molar-refractivity contribution in [3.05, 3.63) is 137 Å². The van der Waals surface area contributed by atoms with Gasteiger partial charge in [0, 0.05) is 47.8 Å². The van der Waals surface area contributed by atoms with Crippen LogP contribution in [0.4, 0.5) is 0 Å². The molecule has 1 aliphatic rings. The molecule has 0 N–H and O–H groups in total. The Morgan fingerprint density at radius 1 is 0.650 bits per heavy atom. The van der Waals surface area contributed by atoms with Crippen LogP contribution in [0, 0.1) is 0 Å². The Kier molecular flexibility index (Phi) is 5.72. The van der Waals surface area contributed by atoms with Gasteiger partial charge in [-0.05, 0) is 70.3 Å². The van der Waals surface area contributed by atoms with E-state index in [2.05, 4.69) is 120 Å². The van der Waals surface area contributed by atoms with E-state index >= 15 is 0 Å². The molecule has 3 heterocycles. The standard InChI is InChI=1S/C37H25NS2/c1-3-10-24(11-4-1)34-30-19-21-39-36(30)35(25-12-5-2-6-13-25)31-23-33(40-37(31)34)27-15-7-14-26(22-27)28-16-8-18-32-29(28)17-9-20-38-32/h1-6,8-13,15-23H,7,14H2. The zero-order chi connectivity index (χ0) is 26.5. The van der Waals surface area contributed by atoms with Gasteiger partial charge in [-0.15, -0.1) is 22.7 Å². The van der Waals surface area contributed by atoms with Gasteiger partial charge in [0.15, 0.2) is 0 Å². The van der Waals surface area contributed by atoms with Crippen LogP contribution in [0.15, 0.2) is 127 Å². The van der Waals surface area contributed by atoms with Gasteiger partial charge in [0.1, 0.15) is 0 Å². The summed E-state index contributed by atoms with van der Waals surface area (Å²) in [5.74, 6) is 0. The molecule has 1 nitrogen and oxygen atoms in total. The number of thiophene rings is 2. The number of pyridine rings is 1. The highest BCUT2D eigenvalue weighted by molar-refractivity contribution is 7.22. The van der Waals surface area contributed by atoms with Crippen LogP contribution in [0.2, 0.25) is 0 Å². The van der Waals surface area contributed by atoms with E-state index in [9.17, 15) is 0 Å². The van der Waals surface area contributed by atoms with E-state index in [1.165, 1.54) is 69.4 Å². The summed E-state index contributed by atoms with van der Waals surface area (Å²) in [4.78, 5) is 5.93. The lowest BCUT2D eigenvalue weighted by molar-refractivity contribution is 1.06. The van der Waals surface area contributed by atoms with E-state index in [1.54, 1.807) is 0 Å². The Morgan fingerprint density at radius 3 is 2.23 bits per heavy atom. The highest BCUT2D eigenvalue weighted by atomic mass is 32.1. The third-order valence-corrected chi connectivity index (χ3v) is 10.0. The molecule has 3 aromatic heterocycles. The Bertz CT molecular complexity index is 2000. The summed E-state index contributed by atoms with van der Waals surface area (Å²) in [6.07, 6.45) is 8.80. The van der Waals surface area contributed by atoms with Gasteiger partial charge >= 0.3 is 0 Å². The second-order valence-corrected chi connectivity index (χ2v) is 12.2. The fourth-order valence-electron chi connectivity index (χ4n) is 6.10. The minimum Gasteiger partial charge on any atom is -0.256 e. The molecule has 0 amide bonds. The third kappa shape index (κ3) is 3.85. The predicted molar refractivity (Wildman–Crippen MR) is 175 cm³/mol. The minimum atomic E-state index is 1.04. The van der Waals surface area contributed by atoms with Crippen molar-refractivity contribution in [3.63, 3.8) is 0 Å². The van der Waals surface area contributed by atoms with Crippen molar-refractivity contribution < 1.29 is 0 Å². The van der Waals surface area contributed by atoms with Crippen molar-refractivity contribution in [3.8, 4) is 22.3 Å². The first kappa shape index (κ1) is 23.6. The van der Waals surface area contributed by atoms with Crippen LogP contribution in [0.1, 0.15) is 23.3 Å². The molecule has 0 atom stereocenters. The molecule has 190 valence electrons. The summed E-state index contributed by atoms with van der Waals surface area (Å²) in [6.45, 7) is 0. The largest absolute Gasteiger partial charge is 0.256 e. The third-order valence-electron chi connectivity index (χ3n) is 7.90. The summed E-state index contributed by atoms with van der Waals surface area (Å²) in [5, 5.41) is 6.15. The quantitative estimate of drug-likeness (QED) is 0.213. The monoisotopic (exact) mass is 547 g/mol. The van der Waals surface area contributed by atoms with Crippen LogP contribution >= 0.6 is 22.7 Å². The summed E-state index contributed by atoms with van der Waals surface area (Å²) in [6, 6.07) is 37.3. The Hall–Kier alpha value is -4.31. The highest BCUT2D eigenvalue weighted by Crippen LogP contribution is 2.50. The highest BCUT2D eigenvalue weighted by Gasteiger charge is 2.21. The van der Waals surface area contributed by atoms with Gasteiger partial charge in [0.2, 0.25) is 0 Å². The summed E-state index contributed by atoms with van der Waals surface area (Å²) in [5.41, 5.74) is 10.3. The number of fused-ring (bicyclic) bond motifs is 3. The maximum Gasteiger partial charge on any atom is 0.0708 e. The molecule has 40 heavy (non-hydrogen) atoms. The molecular weight excluding hydrogens is 523 g/mol. The normalized spacial score (nSPS) is 13.6. The molecule has 0 aliphatic heterocycles. The van der Waals surface area contributed by atoms with Gasteiger partial charge in [-0.3, -0.25) is 4.98 Å². The van der Waals surface area contributed by atoms with Crippen molar-refractivity contribution in [2.75, 3.05) is 0 Å². The SMILES string of the molecule is C1=C(c2cc3c(-c4ccccc4)c4sccc4c(-c4ccccc4)c3s2)C=C(c2cccc3ncccc23)CC1. The molecule has 0 fully saturated rings. The number of rotatable bonds is 4. The van der Waals surface area contributed by atoms with Gasteiger partial charge < -0.3 is 0 Å². The Morgan fingerprint density at radius 2 is 1.43 bits per heavy atom. The van der Waals surface area contributed by atoms with Gasteiger partial charge in [-0.2, -0.15) is 0 Å². The molecule has 0 bridgehead atoms. The number of hydrogen-bond donors (Lipinski definition) is 0. The Balaban J connectivity index is 1.37. The van der Waals surface area contributed by atoms with E-state index in [0.29, 0.717) is 0 Å². The summed E-state index contributed by atoms with van der Waals surface area (Å²) < 4.78 is 2.72. The van der Waals surface area contributed by atoms with Crippen molar-refractivity contribution in [1.82, 2.24) is 4.98 Å². The van der Waals surface area contributed by atoms with Gasteiger partial charge in [0.05, 0.1) is 5.52 Å². The van der Waals surface area contributed by atoms with Crippen LogP contribution in [0.25, 0.3) is 64.5 Å². The first-order valence-corrected chi connectivity index (χ1v) is 15.4. The maximum atomic E-state index is 4.60. The molecule has 0 saturated carbocycles. The molecule has 4 aromatic carbocycles. The van der Waals surface area contributed by atoms with Crippen LogP contribution in [0.3, 0.4) is 0 Å². The molecule has 7 aromatic rings. The smallest absolute Gasteiger partial charge is 0.0708 e. The lowest BCUT2D eigenvalue weighted by atomic mass is 9.90. The first-order chi connectivity index (χ1) is 19.8.